The van der Waals surface area contributed by atoms with Crippen LogP contribution in [0.2, 0.25) is 0 Å². The number of aromatic nitrogens is 3. The van der Waals surface area contributed by atoms with E-state index in [1.165, 1.54) is 7.05 Å². The van der Waals surface area contributed by atoms with Gasteiger partial charge in [-0.05, 0) is 12.3 Å². The number of amides is 1. The van der Waals surface area contributed by atoms with Crippen LogP contribution in [-0.2, 0) is 11.8 Å². The first-order chi connectivity index (χ1) is 10.4. The lowest BCUT2D eigenvalue weighted by atomic mass is 10.0. The second kappa shape index (κ2) is 7.09. The van der Waals surface area contributed by atoms with E-state index in [1.807, 2.05) is 0 Å². The van der Waals surface area contributed by atoms with Crippen LogP contribution in [0.15, 0.2) is 4.79 Å². The third-order valence-electron chi connectivity index (χ3n) is 4.07. The zero-order chi connectivity index (χ0) is 16.3. The van der Waals surface area contributed by atoms with Gasteiger partial charge in [-0.15, -0.1) is 5.10 Å². The molecular weight excluding hydrogens is 284 g/mol. The first kappa shape index (κ1) is 16.7. The number of carbonyl (C=O) groups is 1. The Bertz CT molecular complexity index is 563. The van der Waals surface area contributed by atoms with Crippen molar-refractivity contribution < 1.29 is 9.53 Å². The monoisotopic (exact) mass is 310 g/mol. The summed E-state index contributed by atoms with van der Waals surface area (Å²) in [5.74, 6) is 0.210. The topological polar surface area (TPSA) is 80.2 Å². The Labute approximate surface area is 130 Å². The Kier molecular flexibility index (Phi) is 5.39. The first-order valence-electron chi connectivity index (χ1n) is 8.00. The summed E-state index contributed by atoms with van der Waals surface area (Å²) in [4.78, 5) is 28.3. The minimum atomic E-state index is -0.375. The van der Waals surface area contributed by atoms with Crippen LogP contribution in [0.5, 0.6) is 0 Å². The molecule has 124 valence electrons. The number of ether oxygens (including phenoxy) is 1. The van der Waals surface area contributed by atoms with Gasteiger partial charge in [-0.1, -0.05) is 33.6 Å². The highest BCUT2D eigenvalue weighted by atomic mass is 16.5. The van der Waals surface area contributed by atoms with Gasteiger partial charge in [0.25, 0.3) is 5.91 Å². The number of H-pyrrole nitrogens is 1. The molecule has 1 saturated heterocycles. The van der Waals surface area contributed by atoms with Gasteiger partial charge in [0.1, 0.15) is 0 Å². The van der Waals surface area contributed by atoms with Gasteiger partial charge in [0, 0.05) is 20.1 Å². The highest BCUT2D eigenvalue weighted by molar-refractivity contribution is 5.90. The van der Waals surface area contributed by atoms with E-state index in [4.69, 9.17) is 4.74 Å². The van der Waals surface area contributed by atoms with Crippen LogP contribution < -0.4 is 5.69 Å². The molecule has 7 nitrogen and oxygen atoms in total. The van der Waals surface area contributed by atoms with E-state index in [-0.39, 0.29) is 29.6 Å². The molecule has 0 bridgehead atoms. The zero-order valence-electron chi connectivity index (χ0n) is 13.8. The molecule has 0 saturated carbocycles. The van der Waals surface area contributed by atoms with Crippen molar-refractivity contribution in [3.63, 3.8) is 0 Å². The molecule has 1 aliphatic heterocycles. The lowest BCUT2D eigenvalue weighted by Crippen LogP contribution is -2.51. The predicted molar refractivity (Wildman–Crippen MR) is 82.8 cm³/mol. The zero-order valence-corrected chi connectivity index (χ0v) is 13.8. The van der Waals surface area contributed by atoms with Gasteiger partial charge >= 0.3 is 5.69 Å². The van der Waals surface area contributed by atoms with E-state index in [0.717, 1.165) is 23.9 Å². The van der Waals surface area contributed by atoms with Gasteiger partial charge in [0.2, 0.25) is 5.82 Å². The molecule has 1 aliphatic rings. The molecule has 2 heterocycles. The highest BCUT2D eigenvalue weighted by Gasteiger charge is 2.33. The van der Waals surface area contributed by atoms with Crippen LogP contribution in [0, 0.1) is 5.92 Å². The molecule has 2 rings (SSSR count). The van der Waals surface area contributed by atoms with Crippen molar-refractivity contribution in [1.82, 2.24) is 19.7 Å². The molecule has 22 heavy (non-hydrogen) atoms. The first-order valence-corrected chi connectivity index (χ1v) is 8.00. The maximum Gasteiger partial charge on any atom is 0.343 e. The van der Waals surface area contributed by atoms with E-state index in [0.29, 0.717) is 19.0 Å². The van der Waals surface area contributed by atoms with Gasteiger partial charge in [-0.2, -0.15) is 0 Å². The fourth-order valence-corrected chi connectivity index (χ4v) is 2.64. The fourth-order valence-electron chi connectivity index (χ4n) is 2.64. The van der Waals surface area contributed by atoms with E-state index in [9.17, 15) is 9.59 Å². The van der Waals surface area contributed by atoms with Crippen molar-refractivity contribution in [1.29, 1.82) is 0 Å². The van der Waals surface area contributed by atoms with Crippen LogP contribution in [0.3, 0.4) is 0 Å². The second-order valence-electron chi connectivity index (χ2n) is 6.30. The van der Waals surface area contributed by atoms with E-state index in [2.05, 4.69) is 30.9 Å². The summed E-state index contributed by atoms with van der Waals surface area (Å²) < 4.78 is 7.24. The van der Waals surface area contributed by atoms with Crippen molar-refractivity contribution in [2.45, 2.75) is 52.2 Å². The van der Waals surface area contributed by atoms with Crippen molar-refractivity contribution in [3.05, 3.63) is 16.3 Å². The standard InChI is InChI=1S/C15H26N4O3/c1-5-6-7-11-8-19(9-12(22-11)10(2)3)14(20)13-16-15(21)18(4)17-13/h10-12H,5-9H2,1-4H3,(H,16,17,21)/t11-,12-/m1/s1. The molecule has 0 aromatic carbocycles. The smallest absolute Gasteiger partial charge is 0.343 e. The molecule has 1 aromatic heterocycles. The van der Waals surface area contributed by atoms with Crippen LogP contribution in [0.25, 0.3) is 0 Å². The number of morpholine rings is 1. The third kappa shape index (κ3) is 3.76. The van der Waals surface area contributed by atoms with Crippen molar-refractivity contribution >= 4 is 5.91 Å². The molecule has 0 spiro atoms. The summed E-state index contributed by atoms with van der Waals surface area (Å²) in [5.41, 5.74) is -0.375. The van der Waals surface area contributed by atoms with Crippen LogP contribution >= 0.6 is 0 Å². The van der Waals surface area contributed by atoms with Crippen LogP contribution in [-0.4, -0.2) is 50.9 Å². The number of carbonyl (C=O) groups excluding carboxylic acids is 1. The molecule has 2 atom stereocenters. The lowest BCUT2D eigenvalue weighted by molar-refractivity contribution is -0.0964. The summed E-state index contributed by atoms with van der Waals surface area (Å²) in [7, 11) is 1.52. The number of hydrogen-bond acceptors (Lipinski definition) is 4. The number of rotatable bonds is 5. The second-order valence-corrected chi connectivity index (χ2v) is 6.30. The van der Waals surface area contributed by atoms with Gasteiger partial charge < -0.3 is 9.64 Å². The molecule has 1 aromatic rings. The summed E-state index contributed by atoms with van der Waals surface area (Å²) in [5, 5.41) is 3.96. The maximum atomic E-state index is 12.6. The molecule has 0 unspecified atom stereocenters. The summed E-state index contributed by atoms with van der Waals surface area (Å²) in [6.07, 6.45) is 3.21. The van der Waals surface area contributed by atoms with Gasteiger partial charge in [0.05, 0.1) is 12.2 Å². The van der Waals surface area contributed by atoms with Gasteiger partial charge in [0.15, 0.2) is 0 Å². The fraction of sp³-hybridized carbons (Fsp3) is 0.800. The van der Waals surface area contributed by atoms with Crippen LogP contribution in [0.1, 0.15) is 50.7 Å². The minimum Gasteiger partial charge on any atom is -0.371 e. The molecule has 7 heteroatoms. The Hall–Kier alpha value is -1.63. The SMILES string of the molecule is CCCC[C@@H]1CN(C(=O)c2nn(C)c(=O)[nH]2)C[C@H](C(C)C)O1. The summed E-state index contributed by atoms with van der Waals surface area (Å²) in [6.45, 7) is 7.43. The van der Waals surface area contributed by atoms with E-state index >= 15 is 0 Å². The average Bonchev–Trinajstić information content (AvgIpc) is 2.83. The molecule has 1 fully saturated rings. The number of aromatic amines is 1. The van der Waals surface area contributed by atoms with E-state index in [1.54, 1.807) is 4.90 Å². The Balaban J connectivity index is 2.13. The molecular formula is C15H26N4O3. The van der Waals surface area contributed by atoms with Crippen molar-refractivity contribution in [2.24, 2.45) is 13.0 Å². The summed E-state index contributed by atoms with van der Waals surface area (Å²) >= 11 is 0. The Morgan fingerprint density at radius 2 is 2.18 bits per heavy atom. The van der Waals surface area contributed by atoms with Crippen molar-refractivity contribution in [2.75, 3.05) is 13.1 Å². The lowest BCUT2D eigenvalue weighted by Gasteiger charge is -2.39. The minimum absolute atomic E-state index is 0.0231. The van der Waals surface area contributed by atoms with Crippen LogP contribution in [0.4, 0.5) is 0 Å². The third-order valence-corrected chi connectivity index (χ3v) is 4.07. The number of nitrogens with zero attached hydrogens (tertiary/aromatic N) is 3. The van der Waals surface area contributed by atoms with Gasteiger partial charge in [-0.3, -0.25) is 9.78 Å². The number of nitrogens with one attached hydrogen (secondary N) is 1. The Morgan fingerprint density at radius 1 is 1.45 bits per heavy atom. The molecule has 1 N–H and O–H groups in total. The number of aryl methyl sites for hydroxylation is 1. The quantitative estimate of drug-likeness (QED) is 0.885. The predicted octanol–water partition coefficient (Wildman–Crippen LogP) is 1.16. The number of hydrogen-bond donors (Lipinski definition) is 1. The molecule has 0 radical (unpaired) electrons. The largest absolute Gasteiger partial charge is 0.371 e. The highest BCUT2D eigenvalue weighted by Crippen LogP contribution is 2.21. The summed E-state index contributed by atoms with van der Waals surface area (Å²) in [6, 6.07) is 0. The van der Waals surface area contributed by atoms with Crippen molar-refractivity contribution in [3.8, 4) is 0 Å². The normalized spacial score (nSPS) is 22.3. The molecule has 0 aliphatic carbocycles. The van der Waals surface area contributed by atoms with E-state index < -0.39 is 0 Å². The average molecular weight is 310 g/mol. The Morgan fingerprint density at radius 3 is 2.73 bits per heavy atom. The maximum absolute atomic E-state index is 12.6. The number of unbranched alkanes of at least 4 members (excludes halogenated alkanes) is 1. The molecule has 1 amide bonds. The van der Waals surface area contributed by atoms with Gasteiger partial charge in [-0.25, -0.2) is 9.48 Å².